The van der Waals surface area contributed by atoms with Crippen molar-refractivity contribution in [1.82, 2.24) is 0 Å². The minimum atomic E-state index is -0.636. The maximum Gasteiger partial charge on any atom is 0.330 e. The molecule has 1 aromatic rings. The molecule has 3 nitrogen and oxygen atoms in total. The topological polar surface area (TPSA) is 46.5 Å². The first kappa shape index (κ1) is 19.7. The highest BCUT2D eigenvalue weighted by Crippen LogP contribution is 2.32. The van der Waals surface area contributed by atoms with E-state index in [1.807, 2.05) is 38.1 Å². The lowest BCUT2D eigenvalue weighted by atomic mass is 9.90. The van der Waals surface area contributed by atoms with Gasteiger partial charge in [0.15, 0.2) is 0 Å². The first-order valence-corrected chi connectivity index (χ1v) is 8.70. The Hall–Kier alpha value is -1.39. The lowest BCUT2D eigenvalue weighted by Gasteiger charge is -2.21. The van der Waals surface area contributed by atoms with Crippen LogP contribution in [0.15, 0.2) is 53.0 Å². The van der Waals surface area contributed by atoms with Gasteiger partial charge in [-0.15, -0.1) is 0 Å². The number of esters is 1. The Morgan fingerprint density at radius 3 is 2.78 bits per heavy atom. The second-order valence-electron chi connectivity index (χ2n) is 5.54. The van der Waals surface area contributed by atoms with Crippen LogP contribution in [0.5, 0.6) is 0 Å². The summed E-state index contributed by atoms with van der Waals surface area (Å²) in [5.41, 5.74) is 1.70. The highest BCUT2D eigenvalue weighted by molar-refractivity contribution is 9.10. The van der Waals surface area contributed by atoms with Gasteiger partial charge in [0.2, 0.25) is 0 Å². The maximum absolute atomic E-state index is 11.5. The molecule has 23 heavy (non-hydrogen) atoms. The van der Waals surface area contributed by atoms with Crippen molar-refractivity contribution in [3.8, 4) is 0 Å². The number of ether oxygens (including phenoxy) is 1. The summed E-state index contributed by atoms with van der Waals surface area (Å²) in [6.45, 7) is 8.46. The number of aliphatic hydroxyl groups excluding tert-OH is 1. The Balaban J connectivity index is 2.51. The quantitative estimate of drug-likeness (QED) is 0.285. The second kappa shape index (κ2) is 10.4. The highest BCUT2D eigenvalue weighted by atomic mass is 79.9. The van der Waals surface area contributed by atoms with Gasteiger partial charge >= 0.3 is 5.97 Å². The van der Waals surface area contributed by atoms with E-state index in [0.29, 0.717) is 13.0 Å². The molecular formula is C19H25BrO3. The Morgan fingerprint density at radius 1 is 1.43 bits per heavy atom. The molecule has 1 N–H and O–H groups in total. The van der Waals surface area contributed by atoms with Crippen LogP contribution < -0.4 is 0 Å². The lowest BCUT2D eigenvalue weighted by molar-refractivity contribution is -0.137. The standard InChI is InChI=1S/C19H25BrO3/c1-4-5-13-23-18(21)12-8-9-14(2)15(3)19(22)16-10-6-7-11-17(16)20/h6-8,10-12,15,19,22H,2,4-5,9,13H2,1,3H3/b12-8+/t15-,19-/m1/s1. The third-order valence-electron chi connectivity index (χ3n) is 3.72. The number of unbranched alkanes of at least 4 members (excludes halogenated alkanes) is 1. The molecule has 0 saturated carbocycles. The fourth-order valence-corrected chi connectivity index (χ4v) is 2.58. The van der Waals surface area contributed by atoms with Gasteiger partial charge in [-0.1, -0.05) is 72.6 Å². The summed E-state index contributed by atoms with van der Waals surface area (Å²) in [6, 6.07) is 7.59. The lowest BCUT2D eigenvalue weighted by Crippen LogP contribution is -2.11. The van der Waals surface area contributed by atoms with Crippen molar-refractivity contribution < 1.29 is 14.6 Å². The van der Waals surface area contributed by atoms with Crippen molar-refractivity contribution >= 4 is 21.9 Å². The van der Waals surface area contributed by atoms with Crippen molar-refractivity contribution in [3.05, 3.63) is 58.6 Å². The highest BCUT2D eigenvalue weighted by Gasteiger charge is 2.20. The van der Waals surface area contributed by atoms with Crippen LogP contribution in [0.25, 0.3) is 0 Å². The van der Waals surface area contributed by atoms with Gasteiger partial charge in [-0.05, 0) is 24.5 Å². The Morgan fingerprint density at radius 2 is 2.13 bits per heavy atom. The summed E-state index contributed by atoms with van der Waals surface area (Å²) in [4.78, 5) is 11.5. The number of benzene rings is 1. The molecule has 0 saturated heterocycles. The van der Waals surface area contributed by atoms with Crippen LogP contribution >= 0.6 is 15.9 Å². The van der Waals surface area contributed by atoms with Gasteiger partial charge in [-0.2, -0.15) is 0 Å². The zero-order chi connectivity index (χ0) is 17.2. The summed E-state index contributed by atoms with van der Waals surface area (Å²) in [5, 5.41) is 10.5. The molecule has 0 bridgehead atoms. The van der Waals surface area contributed by atoms with E-state index in [1.165, 1.54) is 6.08 Å². The Bertz CT molecular complexity index is 551. The van der Waals surface area contributed by atoms with Crippen LogP contribution in [-0.2, 0) is 9.53 Å². The Kier molecular flexibility index (Phi) is 8.89. The van der Waals surface area contributed by atoms with Gasteiger partial charge in [-0.25, -0.2) is 4.79 Å². The van der Waals surface area contributed by atoms with Gasteiger partial charge in [0.25, 0.3) is 0 Å². The van der Waals surface area contributed by atoms with Gasteiger partial charge in [0.1, 0.15) is 0 Å². The number of hydrogen-bond acceptors (Lipinski definition) is 3. The van der Waals surface area contributed by atoms with E-state index in [-0.39, 0.29) is 11.9 Å². The third-order valence-corrected chi connectivity index (χ3v) is 4.44. The molecule has 0 aliphatic rings. The number of allylic oxidation sites excluding steroid dienone is 1. The molecule has 0 heterocycles. The average Bonchev–Trinajstić information content (AvgIpc) is 2.54. The molecule has 0 aliphatic carbocycles. The summed E-state index contributed by atoms with van der Waals surface area (Å²) in [5.74, 6) is -0.445. The number of halogens is 1. The molecule has 2 atom stereocenters. The molecule has 0 aliphatic heterocycles. The molecule has 0 unspecified atom stereocenters. The zero-order valence-electron chi connectivity index (χ0n) is 13.8. The molecule has 4 heteroatoms. The monoisotopic (exact) mass is 380 g/mol. The van der Waals surface area contributed by atoms with E-state index in [2.05, 4.69) is 22.5 Å². The van der Waals surface area contributed by atoms with Crippen LogP contribution in [0, 0.1) is 5.92 Å². The van der Waals surface area contributed by atoms with E-state index >= 15 is 0 Å². The average molecular weight is 381 g/mol. The Labute approximate surface area is 147 Å². The predicted octanol–water partition coefficient (Wildman–Crippen LogP) is 4.96. The molecule has 0 fully saturated rings. The maximum atomic E-state index is 11.5. The van der Waals surface area contributed by atoms with Gasteiger partial charge in [0.05, 0.1) is 12.7 Å². The summed E-state index contributed by atoms with van der Waals surface area (Å²) < 4.78 is 5.92. The molecule has 126 valence electrons. The van der Waals surface area contributed by atoms with Crippen LogP contribution in [-0.4, -0.2) is 17.7 Å². The fourth-order valence-electron chi connectivity index (χ4n) is 2.07. The number of rotatable bonds is 9. The van der Waals surface area contributed by atoms with E-state index in [4.69, 9.17) is 4.74 Å². The smallest absolute Gasteiger partial charge is 0.330 e. The summed E-state index contributed by atoms with van der Waals surface area (Å²) >= 11 is 3.45. The number of carbonyl (C=O) groups excluding carboxylic acids is 1. The van der Waals surface area contributed by atoms with Crippen LogP contribution in [0.3, 0.4) is 0 Å². The number of hydrogen-bond donors (Lipinski definition) is 1. The normalized spacial score (nSPS) is 13.7. The molecular weight excluding hydrogens is 356 g/mol. The van der Waals surface area contributed by atoms with Crippen molar-refractivity contribution in [2.75, 3.05) is 6.61 Å². The summed E-state index contributed by atoms with van der Waals surface area (Å²) in [6.07, 6.45) is 4.94. The van der Waals surface area contributed by atoms with Crippen molar-refractivity contribution in [3.63, 3.8) is 0 Å². The van der Waals surface area contributed by atoms with Crippen LogP contribution in [0.1, 0.15) is 44.8 Å². The van der Waals surface area contributed by atoms with Gasteiger partial charge in [0, 0.05) is 16.5 Å². The van der Waals surface area contributed by atoms with E-state index < -0.39 is 6.10 Å². The summed E-state index contributed by atoms with van der Waals surface area (Å²) in [7, 11) is 0. The van der Waals surface area contributed by atoms with Gasteiger partial charge < -0.3 is 9.84 Å². The second-order valence-corrected chi connectivity index (χ2v) is 6.40. The molecule has 1 aromatic carbocycles. The molecule has 0 amide bonds. The van der Waals surface area contributed by atoms with Gasteiger partial charge in [-0.3, -0.25) is 0 Å². The zero-order valence-corrected chi connectivity index (χ0v) is 15.4. The van der Waals surface area contributed by atoms with E-state index in [0.717, 1.165) is 28.5 Å². The number of carbonyl (C=O) groups is 1. The fraction of sp³-hybridized carbons (Fsp3) is 0.421. The SMILES string of the molecule is C=C(C/C=C/C(=O)OCCCC)[C@@H](C)[C@@H](O)c1ccccc1Br. The van der Waals surface area contributed by atoms with Crippen LogP contribution in [0.4, 0.5) is 0 Å². The molecule has 1 rings (SSSR count). The van der Waals surface area contributed by atoms with Crippen molar-refractivity contribution in [2.24, 2.45) is 5.92 Å². The van der Waals surface area contributed by atoms with E-state index in [9.17, 15) is 9.90 Å². The molecule has 0 spiro atoms. The van der Waals surface area contributed by atoms with Crippen LogP contribution in [0.2, 0.25) is 0 Å². The minimum Gasteiger partial charge on any atom is -0.463 e. The molecule has 0 aromatic heterocycles. The largest absolute Gasteiger partial charge is 0.463 e. The first-order chi connectivity index (χ1) is 11.0. The number of aliphatic hydroxyl groups is 1. The predicted molar refractivity (Wildman–Crippen MR) is 97.0 cm³/mol. The third kappa shape index (κ3) is 6.71. The van der Waals surface area contributed by atoms with Crippen molar-refractivity contribution in [2.45, 2.75) is 39.2 Å². The van der Waals surface area contributed by atoms with Crippen molar-refractivity contribution in [1.29, 1.82) is 0 Å². The van der Waals surface area contributed by atoms with E-state index in [1.54, 1.807) is 6.08 Å². The minimum absolute atomic E-state index is 0.116. The first-order valence-electron chi connectivity index (χ1n) is 7.90. The molecule has 0 radical (unpaired) electrons.